The van der Waals surface area contributed by atoms with Crippen molar-refractivity contribution in [3.05, 3.63) is 50.0 Å². The summed E-state index contributed by atoms with van der Waals surface area (Å²) >= 11 is 0.989. The third-order valence-corrected chi connectivity index (χ3v) is 4.20. The number of thiazole rings is 1. The quantitative estimate of drug-likeness (QED) is 0.798. The maximum atomic E-state index is 12.3. The fraction of sp³-hybridized carbons (Fsp3) is 0.200. The molecule has 1 aliphatic heterocycles. The van der Waals surface area contributed by atoms with Crippen LogP contribution in [0.2, 0.25) is 0 Å². The SMILES string of the molecule is CC1(C)Nn2c(sc(=CC(=O)Nc3ccccc3)c2=O)=NC1=O. The highest BCUT2D eigenvalue weighted by Crippen LogP contribution is 2.08. The smallest absolute Gasteiger partial charge is 0.289 e. The first-order valence-electron chi connectivity index (χ1n) is 6.88. The molecule has 0 aliphatic carbocycles. The topological polar surface area (TPSA) is 92.6 Å². The molecule has 7 nitrogen and oxygen atoms in total. The monoisotopic (exact) mass is 330 g/mol. The van der Waals surface area contributed by atoms with E-state index in [2.05, 4.69) is 15.7 Å². The van der Waals surface area contributed by atoms with Crippen LogP contribution in [0.15, 0.2) is 40.1 Å². The predicted molar refractivity (Wildman–Crippen MR) is 87.3 cm³/mol. The van der Waals surface area contributed by atoms with Gasteiger partial charge in [-0.25, -0.2) is 0 Å². The Labute approximate surface area is 135 Å². The first kappa shape index (κ1) is 15.2. The third-order valence-electron chi connectivity index (χ3n) is 3.23. The number of hydrogen-bond acceptors (Lipinski definition) is 5. The largest absolute Gasteiger partial charge is 0.322 e. The van der Waals surface area contributed by atoms with E-state index < -0.39 is 17.0 Å². The lowest BCUT2D eigenvalue weighted by Crippen LogP contribution is -2.55. The summed E-state index contributed by atoms with van der Waals surface area (Å²) in [5, 5.41) is 2.67. The Morgan fingerprint density at radius 1 is 1.30 bits per heavy atom. The zero-order chi connectivity index (χ0) is 16.6. The summed E-state index contributed by atoms with van der Waals surface area (Å²) < 4.78 is 1.41. The van der Waals surface area contributed by atoms with Crippen molar-refractivity contribution in [2.45, 2.75) is 19.4 Å². The standard InChI is InChI=1S/C15H14N4O3S/c1-15(2)13(22)17-14-19(18-15)12(21)10(23-14)8-11(20)16-9-6-4-3-5-7-9/h3-8,18H,1-2H3,(H,16,20). The fourth-order valence-corrected chi connectivity index (χ4v) is 2.91. The molecule has 2 heterocycles. The molecule has 1 aromatic carbocycles. The number of para-hydroxylation sites is 1. The molecule has 1 aromatic heterocycles. The lowest BCUT2D eigenvalue weighted by atomic mass is 10.1. The Kier molecular flexibility index (Phi) is 3.61. The minimum Gasteiger partial charge on any atom is -0.322 e. The summed E-state index contributed by atoms with van der Waals surface area (Å²) in [6, 6.07) is 8.92. The number of nitrogens with one attached hydrogen (secondary N) is 2. The number of aromatic nitrogens is 1. The van der Waals surface area contributed by atoms with Gasteiger partial charge in [-0.15, -0.1) is 0 Å². The van der Waals surface area contributed by atoms with Crippen LogP contribution >= 0.6 is 11.3 Å². The maximum Gasteiger partial charge on any atom is 0.289 e. The Morgan fingerprint density at radius 3 is 2.70 bits per heavy atom. The maximum absolute atomic E-state index is 12.3. The van der Waals surface area contributed by atoms with E-state index in [0.29, 0.717) is 5.69 Å². The molecule has 0 spiro atoms. The molecule has 2 aromatic rings. The average Bonchev–Trinajstić information content (AvgIpc) is 2.76. The van der Waals surface area contributed by atoms with Crippen LogP contribution in [0.1, 0.15) is 13.8 Å². The van der Waals surface area contributed by atoms with Crippen molar-refractivity contribution in [2.75, 3.05) is 10.7 Å². The van der Waals surface area contributed by atoms with Gasteiger partial charge in [-0.05, 0) is 26.0 Å². The molecule has 0 saturated carbocycles. The van der Waals surface area contributed by atoms with E-state index in [0.717, 1.165) is 11.3 Å². The number of fused-ring (bicyclic) bond motifs is 1. The Morgan fingerprint density at radius 2 is 2.00 bits per heavy atom. The van der Waals surface area contributed by atoms with Crippen LogP contribution in [0.5, 0.6) is 0 Å². The summed E-state index contributed by atoms with van der Waals surface area (Å²) in [5.41, 5.74) is 2.09. The highest BCUT2D eigenvalue weighted by Gasteiger charge is 2.32. The van der Waals surface area contributed by atoms with Gasteiger partial charge in [-0.2, -0.15) is 9.67 Å². The van der Waals surface area contributed by atoms with Crippen LogP contribution in [-0.2, 0) is 9.59 Å². The van der Waals surface area contributed by atoms with Gasteiger partial charge in [0.15, 0.2) is 0 Å². The molecule has 118 valence electrons. The van der Waals surface area contributed by atoms with Gasteiger partial charge in [-0.3, -0.25) is 14.4 Å². The van der Waals surface area contributed by atoms with Crippen molar-refractivity contribution in [2.24, 2.45) is 4.99 Å². The molecule has 0 radical (unpaired) electrons. The number of amides is 2. The van der Waals surface area contributed by atoms with Crippen molar-refractivity contribution in [3.63, 3.8) is 0 Å². The average molecular weight is 330 g/mol. The van der Waals surface area contributed by atoms with Gasteiger partial charge in [0, 0.05) is 11.8 Å². The van der Waals surface area contributed by atoms with Crippen LogP contribution < -0.4 is 25.6 Å². The molecule has 2 amide bonds. The van der Waals surface area contributed by atoms with E-state index in [9.17, 15) is 14.4 Å². The van der Waals surface area contributed by atoms with Crippen molar-refractivity contribution in [1.29, 1.82) is 0 Å². The van der Waals surface area contributed by atoms with Crippen molar-refractivity contribution >= 4 is 34.9 Å². The first-order chi connectivity index (χ1) is 10.9. The van der Waals surface area contributed by atoms with Gasteiger partial charge in [0.25, 0.3) is 11.5 Å². The third kappa shape index (κ3) is 2.93. The summed E-state index contributed by atoms with van der Waals surface area (Å²) in [7, 11) is 0. The Bertz CT molecular complexity index is 957. The molecule has 1 aliphatic rings. The van der Waals surface area contributed by atoms with Crippen LogP contribution in [0.4, 0.5) is 5.69 Å². The van der Waals surface area contributed by atoms with E-state index in [1.807, 2.05) is 6.07 Å². The lowest BCUT2D eigenvalue weighted by Gasteiger charge is -2.26. The molecule has 23 heavy (non-hydrogen) atoms. The second-order valence-corrected chi connectivity index (χ2v) is 6.55. The van der Waals surface area contributed by atoms with E-state index in [1.54, 1.807) is 38.1 Å². The summed E-state index contributed by atoms with van der Waals surface area (Å²) in [4.78, 5) is 40.3. The molecule has 0 bridgehead atoms. The van der Waals surface area contributed by atoms with Gasteiger partial charge >= 0.3 is 0 Å². The number of nitrogens with zero attached hydrogens (tertiary/aromatic N) is 2. The second kappa shape index (κ2) is 5.47. The molecule has 8 heteroatoms. The molecule has 0 atom stereocenters. The minimum absolute atomic E-state index is 0.204. The number of rotatable bonds is 2. The van der Waals surface area contributed by atoms with Crippen LogP contribution in [0.25, 0.3) is 6.08 Å². The first-order valence-corrected chi connectivity index (χ1v) is 7.69. The molecule has 2 N–H and O–H groups in total. The lowest BCUT2D eigenvalue weighted by molar-refractivity contribution is -0.122. The van der Waals surface area contributed by atoms with Gasteiger partial charge < -0.3 is 10.7 Å². The van der Waals surface area contributed by atoms with Gasteiger partial charge in [0.2, 0.25) is 10.7 Å². The number of carbonyl (C=O) groups is 2. The van der Waals surface area contributed by atoms with Gasteiger partial charge in [0.05, 0.1) is 0 Å². The fourth-order valence-electron chi connectivity index (χ4n) is 2.02. The van der Waals surface area contributed by atoms with Crippen LogP contribution in [-0.4, -0.2) is 22.0 Å². The predicted octanol–water partition coefficient (Wildman–Crippen LogP) is -0.189. The number of anilines is 1. The van der Waals surface area contributed by atoms with Crippen LogP contribution in [0.3, 0.4) is 0 Å². The Balaban J connectivity index is 1.97. The van der Waals surface area contributed by atoms with E-state index >= 15 is 0 Å². The summed E-state index contributed by atoms with van der Waals surface area (Å²) in [6.45, 7) is 3.27. The number of benzene rings is 1. The minimum atomic E-state index is -0.957. The molecule has 0 unspecified atom stereocenters. The van der Waals surface area contributed by atoms with Gasteiger partial charge in [-0.1, -0.05) is 29.5 Å². The molecular weight excluding hydrogens is 316 g/mol. The zero-order valence-corrected chi connectivity index (χ0v) is 13.3. The number of carbonyl (C=O) groups excluding carboxylic acids is 2. The van der Waals surface area contributed by atoms with Crippen molar-refractivity contribution in [1.82, 2.24) is 4.68 Å². The Hall–Kier alpha value is -2.74. The molecule has 0 saturated heterocycles. The van der Waals surface area contributed by atoms with Crippen molar-refractivity contribution < 1.29 is 9.59 Å². The molecule has 3 rings (SSSR count). The van der Waals surface area contributed by atoms with Crippen molar-refractivity contribution in [3.8, 4) is 0 Å². The molecular formula is C15H14N4O3S. The van der Waals surface area contributed by atoms with E-state index in [-0.39, 0.29) is 15.2 Å². The number of hydrogen-bond donors (Lipinski definition) is 2. The van der Waals surface area contributed by atoms with Crippen LogP contribution in [0, 0.1) is 0 Å². The normalized spacial score (nSPS) is 16.3. The highest BCUT2D eigenvalue weighted by molar-refractivity contribution is 7.07. The summed E-state index contributed by atoms with van der Waals surface area (Å²) in [5.74, 6) is -0.780. The van der Waals surface area contributed by atoms with E-state index in [1.165, 1.54) is 10.8 Å². The van der Waals surface area contributed by atoms with Gasteiger partial charge in [0.1, 0.15) is 10.1 Å². The zero-order valence-electron chi connectivity index (χ0n) is 12.5. The molecule has 0 fully saturated rings. The highest BCUT2D eigenvalue weighted by atomic mass is 32.1. The van der Waals surface area contributed by atoms with E-state index in [4.69, 9.17) is 0 Å². The second-order valence-electron chi connectivity index (χ2n) is 5.54. The summed E-state index contributed by atoms with van der Waals surface area (Å²) in [6.07, 6.45) is 1.21.